The van der Waals surface area contributed by atoms with Gasteiger partial charge in [0.1, 0.15) is 5.82 Å². The maximum absolute atomic E-state index is 13.9. The van der Waals surface area contributed by atoms with E-state index in [2.05, 4.69) is 39.9 Å². The molecule has 1 aliphatic carbocycles. The third kappa shape index (κ3) is 4.66. The molecule has 0 radical (unpaired) electrons. The molecule has 8 nitrogen and oxygen atoms in total. The molecule has 1 aliphatic heterocycles. The second-order valence-electron chi connectivity index (χ2n) is 11.3. The molecule has 2 aromatic carbocycles. The fourth-order valence-electron chi connectivity index (χ4n) is 6.11. The van der Waals surface area contributed by atoms with Gasteiger partial charge in [0.2, 0.25) is 5.89 Å². The number of piperazine rings is 1. The maximum Gasteiger partial charge on any atom is 0.252 e. The average Bonchev–Trinajstić information content (AvgIpc) is 3.69. The number of fused-ring (bicyclic) bond motifs is 1. The number of halogens is 1. The Labute approximate surface area is 232 Å². The van der Waals surface area contributed by atoms with Crippen LogP contribution in [0.2, 0.25) is 0 Å². The SMILES string of the molecule is Cc1c(C#N)ccc2c1c(N1C[C@@H](C)N(C(Cc3nc(C4CC4)no3)c3ccc(F)cc3)C[C@@H]1C)cc(=O)n2C. The van der Waals surface area contributed by atoms with Gasteiger partial charge < -0.3 is 14.0 Å². The molecule has 2 fully saturated rings. The molecule has 0 N–H and O–H groups in total. The first kappa shape index (κ1) is 26.2. The summed E-state index contributed by atoms with van der Waals surface area (Å²) in [4.78, 5) is 22.4. The number of nitriles is 1. The molecule has 2 aromatic heterocycles. The fourth-order valence-corrected chi connectivity index (χ4v) is 6.11. The normalized spacial score (nSPS) is 20.6. The number of anilines is 1. The third-order valence-corrected chi connectivity index (χ3v) is 8.56. The Morgan fingerprint density at radius 2 is 1.88 bits per heavy atom. The number of rotatable bonds is 6. The first-order valence-corrected chi connectivity index (χ1v) is 13.9. The average molecular weight is 541 g/mol. The number of aryl methyl sites for hydroxylation is 2. The van der Waals surface area contributed by atoms with Crippen molar-refractivity contribution in [2.24, 2.45) is 7.05 Å². The highest BCUT2D eigenvalue weighted by atomic mass is 19.1. The van der Waals surface area contributed by atoms with Crippen LogP contribution in [0.25, 0.3) is 10.9 Å². The Kier molecular flexibility index (Phi) is 6.67. The number of benzene rings is 2. The molecule has 1 saturated carbocycles. The van der Waals surface area contributed by atoms with E-state index in [9.17, 15) is 14.4 Å². The van der Waals surface area contributed by atoms with Gasteiger partial charge in [0, 0.05) is 62.1 Å². The summed E-state index contributed by atoms with van der Waals surface area (Å²) >= 11 is 0. The Morgan fingerprint density at radius 1 is 1.12 bits per heavy atom. The van der Waals surface area contributed by atoms with Crippen molar-refractivity contribution in [2.45, 2.75) is 64.1 Å². The van der Waals surface area contributed by atoms with Gasteiger partial charge in [0.25, 0.3) is 5.56 Å². The van der Waals surface area contributed by atoms with Crippen LogP contribution < -0.4 is 10.5 Å². The highest BCUT2D eigenvalue weighted by Gasteiger charge is 2.37. The molecule has 2 aliphatic rings. The van der Waals surface area contributed by atoms with Gasteiger partial charge in [0.15, 0.2) is 5.82 Å². The van der Waals surface area contributed by atoms with E-state index in [-0.39, 0.29) is 29.5 Å². The van der Waals surface area contributed by atoms with Crippen molar-refractivity contribution in [1.29, 1.82) is 5.26 Å². The van der Waals surface area contributed by atoms with E-state index in [1.165, 1.54) is 12.1 Å². The van der Waals surface area contributed by atoms with E-state index in [1.54, 1.807) is 23.7 Å². The topological polar surface area (TPSA) is 91.2 Å². The highest BCUT2D eigenvalue weighted by Crippen LogP contribution is 2.39. The zero-order valence-corrected chi connectivity index (χ0v) is 23.3. The molecular weight excluding hydrogens is 507 g/mol. The van der Waals surface area contributed by atoms with Gasteiger partial charge in [-0.05, 0) is 69.0 Å². The van der Waals surface area contributed by atoms with E-state index < -0.39 is 0 Å². The third-order valence-electron chi connectivity index (χ3n) is 8.56. The largest absolute Gasteiger partial charge is 0.365 e. The lowest BCUT2D eigenvalue weighted by atomic mass is 9.95. The van der Waals surface area contributed by atoms with Crippen molar-refractivity contribution in [2.75, 3.05) is 18.0 Å². The lowest BCUT2D eigenvalue weighted by Crippen LogP contribution is -2.57. The summed E-state index contributed by atoms with van der Waals surface area (Å²) in [5.74, 6) is 1.51. The standard InChI is InChI=1S/C31H33FN6O2/c1-18-17-38(27-14-29(39)36(4)25-12-9-23(15-33)20(3)30(25)27)19(2)16-37(18)26(21-7-10-24(32)11-8-21)13-28-34-31(35-40-28)22-5-6-22/h7-12,14,18-19,22,26H,5-6,13,16-17H2,1-4H3/t18-,19+,26?/m1/s1. The van der Waals surface area contributed by atoms with Crippen LogP contribution in [-0.2, 0) is 13.5 Å². The van der Waals surface area contributed by atoms with Crippen LogP contribution in [0.1, 0.15) is 67.1 Å². The number of nitrogens with zero attached hydrogens (tertiary/aromatic N) is 6. The van der Waals surface area contributed by atoms with E-state index in [1.807, 2.05) is 25.1 Å². The van der Waals surface area contributed by atoms with Crippen LogP contribution >= 0.6 is 0 Å². The summed E-state index contributed by atoms with van der Waals surface area (Å²) < 4.78 is 21.2. The molecule has 4 aromatic rings. The van der Waals surface area contributed by atoms with Gasteiger partial charge in [-0.15, -0.1) is 0 Å². The number of hydrogen-bond acceptors (Lipinski definition) is 7. The molecule has 0 amide bonds. The smallest absolute Gasteiger partial charge is 0.252 e. The fraction of sp³-hybridized carbons (Fsp3) is 0.419. The van der Waals surface area contributed by atoms with Crippen LogP contribution in [0, 0.1) is 24.1 Å². The Morgan fingerprint density at radius 3 is 2.58 bits per heavy atom. The number of pyridine rings is 1. The first-order chi connectivity index (χ1) is 19.2. The van der Waals surface area contributed by atoms with Crippen molar-refractivity contribution >= 4 is 16.6 Å². The van der Waals surface area contributed by atoms with Crippen molar-refractivity contribution in [1.82, 2.24) is 19.6 Å². The molecule has 206 valence electrons. The first-order valence-electron chi connectivity index (χ1n) is 13.9. The van der Waals surface area contributed by atoms with Crippen LogP contribution in [0.5, 0.6) is 0 Å². The molecule has 0 bridgehead atoms. The molecule has 3 atom stereocenters. The van der Waals surface area contributed by atoms with Gasteiger partial charge in [-0.2, -0.15) is 10.2 Å². The van der Waals surface area contributed by atoms with Crippen LogP contribution in [0.15, 0.2) is 51.8 Å². The summed E-state index contributed by atoms with van der Waals surface area (Å²) in [6, 6.07) is 14.4. The minimum Gasteiger partial charge on any atom is -0.365 e. The molecule has 6 rings (SSSR count). The number of aromatic nitrogens is 3. The van der Waals surface area contributed by atoms with Crippen LogP contribution in [0.4, 0.5) is 10.1 Å². The van der Waals surface area contributed by atoms with Gasteiger partial charge >= 0.3 is 0 Å². The van der Waals surface area contributed by atoms with Crippen molar-refractivity contribution in [3.63, 3.8) is 0 Å². The summed E-state index contributed by atoms with van der Waals surface area (Å²) in [6.45, 7) is 7.67. The Hall–Kier alpha value is -4.03. The van der Waals surface area contributed by atoms with Gasteiger partial charge in [-0.3, -0.25) is 9.69 Å². The molecule has 0 spiro atoms. The minimum absolute atomic E-state index is 0.0595. The van der Waals surface area contributed by atoms with Crippen molar-refractivity contribution in [3.8, 4) is 6.07 Å². The van der Waals surface area contributed by atoms with Crippen molar-refractivity contribution < 1.29 is 8.91 Å². The second kappa shape index (κ2) is 10.2. The number of hydrogen-bond donors (Lipinski definition) is 0. The second-order valence-corrected chi connectivity index (χ2v) is 11.3. The van der Waals surface area contributed by atoms with Crippen LogP contribution in [0.3, 0.4) is 0 Å². The van der Waals surface area contributed by atoms with E-state index in [0.717, 1.165) is 46.4 Å². The summed E-state index contributed by atoms with van der Waals surface area (Å²) in [5.41, 5.74) is 4.06. The zero-order chi connectivity index (χ0) is 28.1. The zero-order valence-electron chi connectivity index (χ0n) is 23.3. The molecular formula is C31H33FN6O2. The predicted octanol–water partition coefficient (Wildman–Crippen LogP) is 5.00. The Balaban J connectivity index is 1.35. The molecule has 1 saturated heterocycles. The van der Waals surface area contributed by atoms with Gasteiger partial charge in [-0.1, -0.05) is 17.3 Å². The maximum atomic E-state index is 13.9. The van der Waals surface area contributed by atoms with Crippen LogP contribution in [-0.4, -0.2) is 44.8 Å². The quantitative estimate of drug-likeness (QED) is 0.340. The van der Waals surface area contributed by atoms with E-state index in [0.29, 0.717) is 36.9 Å². The molecule has 3 heterocycles. The van der Waals surface area contributed by atoms with Crippen molar-refractivity contribution in [3.05, 3.63) is 87.0 Å². The lowest BCUT2D eigenvalue weighted by molar-refractivity contribution is 0.104. The Bertz CT molecular complexity index is 1670. The molecule has 9 heteroatoms. The van der Waals surface area contributed by atoms with Gasteiger partial charge in [0.05, 0.1) is 22.8 Å². The lowest BCUT2D eigenvalue weighted by Gasteiger charge is -2.48. The summed E-state index contributed by atoms with van der Waals surface area (Å²) in [7, 11) is 1.77. The molecule has 1 unspecified atom stereocenters. The van der Waals surface area contributed by atoms with Gasteiger partial charge in [-0.25, -0.2) is 4.39 Å². The van der Waals surface area contributed by atoms with E-state index >= 15 is 0 Å². The highest BCUT2D eigenvalue weighted by molar-refractivity contribution is 5.96. The summed E-state index contributed by atoms with van der Waals surface area (Å²) in [6.07, 6.45) is 2.73. The monoisotopic (exact) mass is 540 g/mol. The predicted molar refractivity (Wildman–Crippen MR) is 151 cm³/mol. The van der Waals surface area contributed by atoms with E-state index in [4.69, 9.17) is 4.52 Å². The minimum atomic E-state index is -0.271. The summed E-state index contributed by atoms with van der Waals surface area (Å²) in [5, 5.41) is 14.8. The molecule has 40 heavy (non-hydrogen) atoms.